The molecule has 1 aromatic rings. The van der Waals surface area contributed by atoms with Crippen molar-refractivity contribution < 1.29 is 10.2 Å². The lowest BCUT2D eigenvalue weighted by Gasteiger charge is -1.99. The Bertz CT molecular complexity index is 235. The molecule has 0 spiro atoms. The third-order valence-corrected chi connectivity index (χ3v) is 1.32. The van der Waals surface area contributed by atoms with Gasteiger partial charge in [-0.1, -0.05) is 11.5 Å². The van der Waals surface area contributed by atoms with Crippen molar-refractivity contribution in [1.82, 2.24) is 0 Å². The van der Waals surface area contributed by atoms with Crippen LogP contribution in [0, 0.1) is 0 Å². The van der Waals surface area contributed by atoms with E-state index in [-0.39, 0.29) is 12.4 Å². The molecule has 0 aliphatic rings. The lowest BCUT2D eigenvalue weighted by Crippen LogP contribution is -2.08. The van der Waals surface area contributed by atoms with Gasteiger partial charge in [0.2, 0.25) is 0 Å². The van der Waals surface area contributed by atoms with Crippen LogP contribution < -0.4 is 5.46 Å². The molecule has 1 rings (SSSR count). The second kappa shape index (κ2) is 2.75. The molecule has 3 heteroatoms. The van der Waals surface area contributed by atoms with Crippen LogP contribution in [0.2, 0.25) is 0 Å². The quantitative estimate of drug-likeness (QED) is 0.405. The van der Waals surface area contributed by atoms with E-state index in [1.807, 2.05) is 0 Å². The molecule has 50 valence electrons. The first-order valence-corrected chi connectivity index (χ1v) is 2.96. The first kappa shape index (κ1) is 7.16. The van der Waals surface area contributed by atoms with Gasteiger partial charge in [0, 0.05) is 5.56 Å². The molecule has 0 aliphatic carbocycles. The predicted molar refractivity (Wildman–Crippen MR) is 40.8 cm³/mol. The van der Waals surface area contributed by atoms with E-state index in [0.29, 0.717) is 11.0 Å². The molecule has 2 radical (unpaired) electrons. The first-order chi connectivity index (χ1) is 4.74. The minimum Gasteiger partial charge on any atom is -0.508 e. The van der Waals surface area contributed by atoms with Crippen molar-refractivity contribution in [2.45, 2.75) is 6.61 Å². The topological polar surface area (TPSA) is 43.1 Å². The van der Waals surface area contributed by atoms with Crippen molar-refractivity contribution >= 4 is 13.3 Å². The van der Waals surface area contributed by atoms with Crippen LogP contribution in [0.5, 0.6) is 5.75 Å². The summed E-state index contributed by atoms with van der Waals surface area (Å²) in [6.07, 6.45) is 0. The fourth-order valence-electron chi connectivity index (χ4n) is 0.745. The van der Waals surface area contributed by atoms with Gasteiger partial charge in [0.05, 0.1) is 0 Å². The Morgan fingerprint density at radius 3 is 2.70 bits per heavy atom. The highest BCUT2D eigenvalue weighted by molar-refractivity contribution is 6.33. The second-order valence-corrected chi connectivity index (χ2v) is 2.06. The lowest BCUT2D eigenvalue weighted by molar-refractivity contribution is 0.282. The van der Waals surface area contributed by atoms with Crippen LogP contribution >= 0.6 is 0 Å². The number of phenolic OH excluding ortho intramolecular Hbond substituents is 1. The van der Waals surface area contributed by atoms with Crippen molar-refractivity contribution in [3.63, 3.8) is 0 Å². The Labute approximate surface area is 60.5 Å². The number of hydrogen-bond donors (Lipinski definition) is 1. The molecule has 0 fully saturated rings. The fourth-order valence-corrected chi connectivity index (χ4v) is 0.745. The van der Waals surface area contributed by atoms with Gasteiger partial charge in [0.15, 0.2) is 6.61 Å². The molecule has 0 atom stereocenters. The van der Waals surface area contributed by atoms with E-state index in [1.54, 1.807) is 6.07 Å². The maximum absolute atomic E-state index is 8.93. The maximum atomic E-state index is 8.93. The largest absolute Gasteiger partial charge is 0.508 e. The zero-order valence-electron chi connectivity index (χ0n) is 5.46. The molecule has 0 saturated carbocycles. The van der Waals surface area contributed by atoms with E-state index >= 15 is 0 Å². The Kier molecular flexibility index (Phi) is 1.97. The summed E-state index contributed by atoms with van der Waals surface area (Å²) >= 11 is 0. The SMILES string of the molecule is [B]c1ccc(O)cc1C[OH2+]. The molecule has 0 saturated heterocycles. The van der Waals surface area contributed by atoms with Crippen LogP contribution in [0.1, 0.15) is 5.56 Å². The second-order valence-electron chi connectivity index (χ2n) is 2.06. The third kappa shape index (κ3) is 1.31. The Balaban J connectivity index is 3.09. The monoisotopic (exact) mass is 135 g/mol. The van der Waals surface area contributed by atoms with Crippen LogP contribution in [0.3, 0.4) is 0 Å². The zero-order chi connectivity index (χ0) is 7.56. The van der Waals surface area contributed by atoms with Crippen molar-refractivity contribution in [3.05, 3.63) is 23.8 Å². The fraction of sp³-hybridized carbons (Fsp3) is 0.143. The van der Waals surface area contributed by atoms with Gasteiger partial charge in [-0.05, 0) is 12.1 Å². The normalized spacial score (nSPS) is 9.70. The first-order valence-electron chi connectivity index (χ1n) is 2.96. The summed E-state index contributed by atoms with van der Waals surface area (Å²) in [7, 11) is 5.47. The Hall–Kier alpha value is -0.955. The van der Waals surface area contributed by atoms with Gasteiger partial charge in [0.1, 0.15) is 13.6 Å². The van der Waals surface area contributed by atoms with Gasteiger partial charge >= 0.3 is 0 Å². The molecule has 2 nitrogen and oxygen atoms in total. The molecule has 0 unspecified atom stereocenters. The molecule has 0 bridgehead atoms. The number of hydrogen-bond acceptors (Lipinski definition) is 1. The number of aromatic hydroxyl groups is 1. The average molecular weight is 135 g/mol. The highest BCUT2D eigenvalue weighted by atomic mass is 16.3. The van der Waals surface area contributed by atoms with Crippen molar-refractivity contribution in [2.75, 3.05) is 0 Å². The van der Waals surface area contributed by atoms with Gasteiger partial charge in [0.25, 0.3) is 0 Å². The summed E-state index contributed by atoms with van der Waals surface area (Å²) in [6, 6.07) is 4.61. The minimum atomic E-state index is 0.111. The van der Waals surface area contributed by atoms with Crippen molar-refractivity contribution in [3.8, 4) is 5.75 Å². The van der Waals surface area contributed by atoms with E-state index in [4.69, 9.17) is 18.1 Å². The van der Waals surface area contributed by atoms with Gasteiger partial charge in [-0.3, -0.25) is 0 Å². The van der Waals surface area contributed by atoms with E-state index in [0.717, 1.165) is 0 Å². The van der Waals surface area contributed by atoms with Gasteiger partial charge in [-0.15, -0.1) is 0 Å². The Morgan fingerprint density at radius 1 is 1.50 bits per heavy atom. The van der Waals surface area contributed by atoms with Crippen LogP contribution in [0.4, 0.5) is 0 Å². The lowest BCUT2D eigenvalue weighted by atomic mass is 9.91. The highest BCUT2D eigenvalue weighted by Gasteiger charge is 1.98. The van der Waals surface area contributed by atoms with E-state index in [1.165, 1.54) is 12.1 Å². The maximum Gasteiger partial charge on any atom is 0.169 e. The summed E-state index contributed by atoms with van der Waals surface area (Å²) in [5.41, 5.74) is 1.23. The summed E-state index contributed by atoms with van der Waals surface area (Å²) in [5.74, 6) is 0.163. The summed E-state index contributed by atoms with van der Waals surface area (Å²) in [5, 5.41) is 15.9. The minimum absolute atomic E-state index is 0.111. The molecule has 0 heterocycles. The van der Waals surface area contributed by atoms with Crippen LogP contribution in [-0.2, 0) is 6.61 Å². The predicted octanol–water partition coefficient (Wildman–Crippen LogP) is -0.589. The molecule has 0 amide bonds. The summed E-state index contributed by atoms with van der Waals surface area (Å²) < 4.78 is 0. The van der Waals surface area contributed by atoms with Crippen molar-refractivity contribution in [2.24, 2.45) is 0 Å². The molecular formula is C7H8BO2+. The standard InChI is InChI=1S/C7H7BO2/c8-7-2-1-6(10)3-5(7)4-9/h1-3,9-10H,4H2/p+1. The van der Waals surface area contributed by atoms with Gasteiger partial charge < -0.3 is 10.2 Å². The van der Waals surface area contributed by atoms with Crippen LogP contribution in [-0.4, -0.2) is 18.1 Å². The zero-order valence-corrected chi connectivity index (χ0v) is 5.46. The van der Waals surface area contributed by atoms with Crippen LogP contribution in [0.15, 0.2) is 18.2 Å². The molecule has 0 aromatic heterocycles. The molecule has 1 aromatic carbocycles. The molecular weight excluding hydrogens is 127 g/mol. The molecule has 10 heavy (non-hydrogen) atoms. The van der Waals surface area contributed by atoms with E-state index in [9.17, 15) is 0 Å². The Morgan fingerprint density at radius 2 is 2.20 bits per heavy atom. The van der Waals surface area contributed by atoms with E-state index < -0.39 is 0 Å². The molecule has 3 N–H and O–H groups in total. The van der Waals surface area contributed by atoms with Gasteiger partial charge in [-0.25, -0.2) is 0 Å². The number of rotatable bonds is 1. The molecule has 0 aliphatic heterocycles. The van der Waals surface area contributed by atoms with Crippen LogP contribution in [0.25, 0.3) is 0 Å². The van der Waals surface area contributed by atoms with Gasteiger partial charge in [-0.2, -0.15) is 0 Å². The number of benzene rings is 1. The average Bonchev–Trinajstić information content (AvgIpc) is 1.94. The smallest absolute Gasteiger partial charge is 0.169 e. The number of phenols is 1. The van der Waals surface area contributed by atoms with Crippen molar-refractivity contribution in [1.29, 1.82) is 0 Å². The van der Waals surface area contributed by atoms with E-state index in [2.05, 4.69) is 0 Å². The highest BCUT2D eigenvalue weighted by Crippen LogP contribution is 2.07. The third-order valence-electron chi connectivity index (χ3n) is 1.32. The summed E-state index contributed by atoms with van der Waals surface area (Å²) in [6.45, 7) is 0.111. The summed E-state index contributed by atoms with van der Waals surface area (Å²) in [4.78, 5) is 0.